The van der Waals surface area contributed by atoms with Crippen LogP contribution in [0, 0.1) is 5.92 Å². The van der Waals surface area contributed by atoms with Crippen LogP contribution in [0.1, 0.15) is 57.6 Å². The predicted molar refractivity (Wildman–Crippen MR) is 159 cm³/mol. The number of fused-ring (bicyclic) bond motifs is 2. The number of nitrogens with one attached hydrogen (secondary N) is 1. The van der Waals surface area contributed by atoms with Crippen LogP contribution in [0.15, 0.2) is 59.8 Å². The first-order valence-corrected chi connectivity index (χ1v) is 15.6. The molecule has 6 atom stereocenters. The van der Waals surface area contributed by atoms with Gasteiger partial charge in [-0.3, -0.25) is 0 Å². The van der Waals surface area contributed by atoms with Crippen molar-refractivity contribution in [3.05, 3.63) is 60.2 Å². The minimum absolute atomic E-state index is 0.0279. The summed E-state index contributed by atoms with van der Waals surface area (Å²) in [5.41, 5.74) is 5.14. The Morgan fingerprint density at radius 3 is 2.51 bits per heavy atom. The molecule has 1 aliphatic heterocycles. The zero-order chi connectivity index (χ0) is 28.1. The van der Waals surface area contributed by atoms with Crippen molar-refractivity contribution < 1.29 is 14.6 Å². The minimum Gasteiger partial charge on any atom is -0.396 e. The maximum Gasteiger partial charge on any atom is 0.191 e. The Bertz CT molecular complexity index is 1530. The van der Waals surface area contributed by atoms with Gasteiger partial charge in [0.25, 0.3) is 0 Å². The minimum atomic E-state index is -0.706. The highest BCUT2D eigenvalue weighted by Gasteiger charge is 2.55. The number of hydrogen-bond donors (Lipinski definition) is 2. The average Bonchev–Trinajstić information content (AvgIpc) is 3.31. The molecule has 1 saturated heterocycles. The van der Waals surface area contributed by atoms with E-state index in [-0.39, 0.29) is 36.8 Å². The fourth-order valence-electron chi connectivity index (χ4n) is 6.32. The van der Waals surface area contributed by atoms with E-state index in [9.17, 15) is 5.11 Å². The highest BCUT2D eigenvalue weighted by Crippen LogP contribution is 2.48. The predicted octanol–water partition coefficient (Wildman–Crippen LogP) is 5.43. The van der Waals surface area contributed by atoms with Crippen molar-refractivity contribution in [1.29, 1.82) is 0 Å². The van der Waals surface area contributed by atoms with Crippen molar-refractivity contribution in [2.45, 2.75) is 81.2 Å². The third-order valence-electron chi connectivity index (χ3n) is 8.40. The molecule has 2 N–H and O–H groups in total. The first-order chi connectivity index (χ1) is 19.9. The van der Waals surface area contributed by atoms with E-state index in [1.807, 2.05) is 24.6 Å². The SMILES string of the molecule is CCCSc1nc(NC2CC2c2ccc(-c3ccccc3)cc2)c2nnn(C3CC(CO)C4OC(C)(C)OC43)c2n1. The summed E-state index contributed by atoms with van der Waals surface area (Å²) in [4.78, 5) is 9.80. The number of rotatable bonds is 9. The van der Waals surface area contributed by atoms with Crippen molar-refractivity contribution in [3.63, 3.8) is 0 Å². The van der Waals surface area contributed by atoms with Gasteiger partial charge in [-0.1, -0.05) is 78.5 Å². The third kappa shape index (κ3) is 5.11. The van der Waals surface area contributed by atoms with Crippen LogP contribution in [0.2, 0.25) is 0 Å². The number of aliphatic hydroxyl groups is 1. The summed E-state index contributed by atoms with van der Waals surface area (Å²) in [7, 11) is 0. The molecular formula is C31H36N6O3S. The van der Waals surface area contributed by atoms with Crippen LogP contribution in [-0.4, -0.2) is 66.5 Å². The Hall–Kier alpha value is -3.05. The van der Waals surface area contributed by atoms with Crippen LogP contribution in [0.25, 0.3) is 22.3 Å². The first-order valence-electron chi connectivity index (χ1n) is 14.6. The van der Waals surface area contributed by atoms with Crippen LogP contribution < -0.4 is 5.32 Å². The number of thioether (sulfide) groups is 1. The van der Waals surface area contributed by atoms with E-state index in [2.05, 4.69) is 71.1 Å². The van der Waals surface area contributed by atoms with E-state index in [0.29, 0.717) is 28.7 Å². The van der Waals surface area contributed by atoms with Gasteiger partial charge >= 0.3 is 0 Å². The molecule has 9 nitrogen and oxygen atoms in total. The lowest BCUT2D eigenvalue weighted by Crippen LogP contribution is -2.28. The quantitative estimate of drug-likeness (QED) is 0.200. The summed E-state index contributed by atoms with van der Waals surface area (Å²) >= 11 is 1.65. The molecule has 0 radical (unpaired) electrons. The molecule has 0 spiro atoms. The summed E-state index contributed by atoms with van der Waals surface area (Å²) in [5.74, 6) is 1.34. The largest absolute Gasteiger partial charge is 0.396 e. The van der Waals surface area contributed by atoms with Crippen molar-refractivity contribution in [2.24, 2.45) is 5.92 Å². The Balaban J connectivity index is 1.15. The Morgan fingerprint density at radius 2 is 1.76 bits per heavy atom. The second-order valence-corrected chi connectivity index (χ2v) is 12.9. The molecule has 2 aromatic heterocycles. The van der Waals surface area contributed by atoms with Crippen LogP contribution in [-0.2, 0) is 9.47 Å². The van der Waals surface area contributed by atoms with Crippen molar-refractivity contribution in [3.8, 4) is 11.1 Å². The summed E-state index contributed by atoms with van der Waals surface area (Å²) in [6.45, 7) is 6.03. The van der Waals surface area contributed by atoms with Gasteiger partial charge < -0.3 is 19.9 Å². The lowest BCUT2D eigenvalue weighted by molar-refractivity contribution is -0.162. The highest BCUT2D eigenvalue weighted by molar-refractivity contribution is 7.99. The molecule has 2 saturated carbocycles. The van der Waals surface area contributed by atoms with Crippen LogP contribution in [0.3, 0.4) is 0 Å². The van der Waals surface area contributed by atoms with Gasteiger partial charge in [0.05, 0.1) is 12.1 Å². The van der Waals surface area contributed by atoms with E-state index >= 15 is 0 Å². The van der Waals surface area contributed by atoms with Crippen molar-refractivity contribution in [1.82, 2.24) is 25.0 Å². The molecule has 2 aliphatic carbocycles. The maximum absolute atomic E-state index is 10.1. The smallest absolute Gasteiger partial charge is 0.191 e. The van der Waals surface area contributed by atoms with Gasteiger partial charge in [0.15, 0.2) is 27.9 Å². The number of benzene rings is 2. The molecule has 2 aromatic carbocycles. The highest BCUT2D eigenvalue weighted by atomic mass is 32.2. The third-order valence-corrected chi connectivity index (χ3v) is 9.45. The monoisotopic (exact) mass is 572 g/mol. The standard InChI is InChI=1S/C31H36N6O3S/c1-4-14-41-30-33-28(32-23-16-22(23)20-12-10-19(11-13-20)18-8-6-5-7-9-18)25-29(34-30)37(36-35-25)24-15-21(17-38)26-27(24)40-31(2,3)39-26/h5-13,21-24,26-27,38H,4,14-17H2,1-3H3,(H,32,33,34). The lowest BCUT2D eigenvalue weighted by Gasteiger charge is -2.23. The normalized spacial score (nSPS) is 28.2. The molecule has 4 aromatic rings. The molecule has 3 heterocycles. The van der Waals surface area contributed by atoms with E-state index in [1.165, 1.54) is 16.7 Å². The zero-order valence-corrected chi connectivity index (χ0v) is 24.4. The van der Waals surface area contributed by atoms with E-state index in [4.69, 9.17) is 19.4 Å². The topological polar surface area (TPSA) is 107 Å². The van der Waals surface area contributed by atoms with E-state index < -0.39 is 5.79 Å². The second-order valence-electron chi connectivity index (χ2n) is 11.8. The number of ether oxygens (including phenoxy) is 2. The number of hydrogen-bond acceptors (Lipinski definition) is 9. The summed E-state index contributed by atoms with van der Waals surface area (Å²) in [5, 5.41) is 23.6. The molecule has 3 fully saturated rings. The van der Waals surface area contributed by atoms with Crippen molar-refractivity contribution >= 4 is 28.7 Å². The van der Waals surface area contributed by atoms with Gasteiger partial charge in [-0.2, -0.15) is 0 Å². The Morgan fingerprint density at radius 1 is 1.00 bits per heavy atom. The molecule has 0 bridgehead atoms. The average molecular weight is 573 g/mol. The molecule has 214 valence electrons. The Labute approximate surface area is 244 Å². The number of aromatic nitrogens is 5. The summed E-state index contributed by atoms with van der Waals surface area (Å²) in [6, 6.07) is 19.5. The fourth-order valence-corrected chi connectivity index (χ4v) is 7.01. The van der Waals surface area contributed by atoms with E-state index in [0.717, 1.165) is 24.4 Å². The maximum atomic E-state index is 10.1. The summed E-state index contributed by atoms with van der Waals surface area (Å²) < 4.78 is 14.4. The van der Waals surface area contributed by atoms with Crippen LogP contribution in [0.5, 0.6) is 0 Å². The van der Waals surface area contributed by atoms with Gasteiger partial charge in [-0.05, 0) is 49.8 Å². The molecule has 7 rings (SSSR count). The van der Waals surface area contributed by atoms with E-state index in [1.54, 1.807) is 11.8 Å². The Kier molecular flexibility index (Phi) is 6.97. The van der Waals surface area contributed by atoms with Gasteiger partial charge in [-0.25, -0.2) is 14.6 Å². The zero-order valence-electron chi connectivity index (χ0n) is 23.6. The van der Waals surface area contributed by atoms with Crippen LogP contribution in [0.4, 0.5) is 5.82 Å². The molecule has 10 heteroatoms. The number of nitrogens with zero attached hydrogens (tertiary/aromatic N) is 5. The van der Waals surface area contributed by atoms with Gasteiger partial charge in [0.1, 0.15) is 6.10 Å². The first kappa shape index (κ1) is 26.8. The van der Waals surface area contributed by atoms with Gasteiger partial charge in [0.2, 0.25) is 0 Å². The second kappa shape index (κ2) is 10.7. The molecular weight excluding hydrogens is 536 g/mol. The van der Waals surface area contributed by atoms with Crippen LogP contribution >= 0.6 is 11.8 Å². The van der Waals surface area contributed by atoms with Crippen molar-refractivity contribution in [2.75, 3.05) is 17.7 Å². The molecule has 6 unspecified atom stereocenters. The molecule has 0 amide bonds. The lowest BCUT2D eigenvalue weighted by atomic mass is 10.0. The van der Waals surface area contributed by atoms with Gasteiger partial charge in [-0.15, -0.1) is 5.10 Å². The number of anilines is 1. The molecule has 41 heavy (non-hydrogen) atoms. The molecule has 3 aliphatic rings. The number of aliphatic hydroxyl groups excluding tert-OH is 1. The fraction of sp³-hybridized carbons (Fsp3) is 0.484. The summed E-state index contributed by atoms with van der Waals surface area (Å²) in [6.07, 6.45) is 2.34. The van der Waals surface area contributed by atoms with Gasteiger partial charge in [0, 0.05) is 30.2 Å².